The van der Waals surface area contributed by atoms with Gasteiger partial charge in [0.1, 0.15) is 0 Å². The van der Waals surface area contributed by atoms with Crippen LogP contribution in [0, 0.1) is 0 Å². The minimum absolute atomic E-state index is 0.0826. The van der Waals surface area contributed by atoms with Crippen molar-refractivity contribution in [3.63, 3.8) is 0 Å². The smallest absolute Gasteiger partial charge is 0.388 e. The molecule has 0 saturated heterocycles. The van der Waals surface area contributed by atoms with Crippen LogP contribution in [-0.4, -0.2) is 24.3 Å². The van der Waals surface area contributed by atoms with Gasteiger partial charge in [-0.25, -0.2) is 0 Å². The normalized spacial score (nSPS) is 18.0. The average Bonchev–Trinajstić information content (AvgIpc) is 2.83. The number of aliphatic hydroxyl groups is 1. The van der Waals surface area contributed by atoms with Gasteiger partial charge in [0.2, 0.25) is 0 Å². The Balaban J connectivity index is 2.23. The van der Waals surface area contributed by atoms with Gasteiger partial charge in [0, 0.05) is 25.8 Å². The molecule has 0 heterocycles. The van der Waals surface area contributed by atoms with Crippen LogP contribution < -0.4 is 10.6 Å². The molecule has 21 heavy (non-hydrogen) atoms. The topological polar surface area (TPSA) is 49.5 Å². The predicted molar refractivity (Wildman–Crippen MR) is 76.0 cm³/mol. The number of hydrogen-bond donors (Lipinski definition) is 2. The van der Waals surface area contributed by atoms with Crippen molar-refractivity contribution in [3.05, 3.63) is 29.3 Å². The van der Waals surface area contributed by atoms with E-state index >= 15 is 0 Å². The number of nitrogens with zero attached hydrogens (tertiary/aromatic N) is 1. The number of hydrogen-bond acceptors (Lipinski definition) is 3. The second-order valence-electron chi connectivity index (χ2n) is 5.83. The van der Waals surface area contributed by atoms with Gasteiger partial charge in [0.15, 0.2) is 0 Å². The Morgan fingerprint density at radius 1 is 1.29 bits per heavy atom. The Bertz CT molecular complexity index is 496. The van der Waals surface area contributed by atoms with Gasteiger partial charge < -0.3 is 15.7 Å². The molecule has 3 nitrogen and oxygen atoms in total. The van der Waals surface area contributed by atoms with Gasteiger partial charge in [0.25, 0.3) is 0 Å². The van der Waals surface area contributed by atoms with Gasteiger partial charge in [-0.3, -0.25) is 0 Å². The summed E-state index contributed by atoms with van der Waals surface area (Å²) in [5.41, 5.74) is 4.41. The second-order valence-corrected chi connectivity index (χ2v) is 5.83. The van der Waals surface area contributed by atoms with Gasteiger partial charge in [-0.05, 0) is 30.5 Å². The third-order valence-electron chi connectivity index (χ3n) is 4.13. The van der Waals surface area contributed by atoms with Crippen LogP contribution in [0.5, 0.6) is 0 Å². The number of benzene rings is 1. The molecule has 0 spiro atoms. The molecular formula is C15H21F3N2O. The van der Waals surface area contributed by atoms with E-state index in [-0.39, 0.29) is 12.1 Å². The highest BCUT2D eigenvalue weighted by Gasteiger charge is 2.35. The highest BCUT2D eigenvalue weighted by molar-refractivity contribution is 5.51. The lowest BCUT2D eigenvalue weighted by molar-refractivity contribution is -0.138. The van der Waals surface area contributed by atoms with Gasteiger partial charge >= 0.3 is 6.18 Å². The molecule has 1 saturated carbocycles. The summed E-state index contributed by atoms with van der Waals surface area (Å²) in [6.45, 7) is 0.190. The van der Waals surface area contributed by atoms with Gasteiger partial charge in [-0.2, -0.15) is 13.2 Å². The molecule has 1 fully saturated rings. The molecule has 1 aromatic rings. The molecule has 1 aliphatic rings. The monoisotopic (exact) mass is 302 g/mol. The average molecular weight is 302 g/mol. The zero-order valence-electron chi connectivity index (χ0n) is 12.1. The number of rotatable bonds is 4. The molecular weight excluding hydrogens is 281 g/mol. The van der Waals surface area contributed by atoms with E-state index < -0.39 is 17.3 Å². The zero-order chi connectivity index (χ0) is 15.7. The first-order valence-corrected chi connectivity index (χ1v) is 7.09. The number of halogens is 3. The third kappa shape index (κ3) is 3.68. The molecule has 0 aliphatic heterocycles. The molecule has 1 aromatic carbocycles. The molecule has 2 rings (SSSR count). The SMILES string of the molecule is CN(CC1(O)CCCC1)c1ccc(CN)c(C(F)(F)F)c1. The van der Waals surface area contributed by atoms with Crippen molar-refractivity contribution in [1.82, 2.24) is 0 Å². The summed E-state index contributed by atoms with van der Waals surface area (Å²) < 4.78 is 39.1. The summed E-state index contributed by atoms with van der Waals surface area (Å²) in [5.74, 6) is 0. The molecule has 0 unspecified atom stereocenters. The van der Waals surface area contributed by atoms with Crippen molar-refractivity contribution in [3.8, 4) is 0 Å². The Labute approximate surface area is 122 Å². The maximum atomic E-state index is 13.0. The standard InChI is InChI=1S/C15H21F3N2O/c1-20(10-14(21)6-2-3-7-14)12-5-4-11(9-19)13(8-12)15(16,17)18/h4-5,8,21H,2-3,6-7,9-10,19H2,1H3. The summed E-state index contributed by atoms with van der Waals surface area (Å²) in [5, 5.41) is 10.4. The first-order chi connectivity index (χ1) is 9.75. The first-order valence-electron chi connectivity index (χ1n) is 7.09. The van der Waals surface area contributed by atoms with Crippen molar-refractivity contribution >= 4 is 5.69 Å². The van der Waals surface area contributed by atoms with E-state index in [2.05, 4.69) is 0 Å². The molecule has 118 valence electrons. The van der Waals surface area contributed by atoms with E-state index in [1.807, 2.05) is 0 Å². The highest BCUT2D eigenvalue weighted by Crippen LogP contribution is 2.36. The van der Waals surface area contributed by atoms with Crippen LogP contribution in [-0.2, 0) is 12.7 Å². The third-order valence-corrected chi connectivity index (χ3v) is 4.13. The van der Waals surface area contributed by atoms with Crippen molar-refractivity contribution in [2.24, 2.45) is 5.73 Å². The Morgan fingerprint density at radius 2 is 1.90 bits per heavy atom. The van der Waals surface area contributed by atoms with E-state index in [1.54, 1.807) is 18.0 Å². The predicted octanol–water partition coefficient (Wildman–Crippen LogP) is 2.91. The Morgan fingerprint density at radius 3 is 2.43 bits per heavy atom. The van der Waals surface area contributed by atoms with E-state index in [1.165, 1.54) is 6.07 Å². The zero-order valence-corrected chi connectivity index (χ0v) is 12.1. The van der Waals surface area contributed by atoms with E-state index in [4.69, 9.17) is 5.73 Å². The lowest BCUT2D eigenvalue weighted by Gasteiger charge is -2.30. The molecule has 0 aromatic heterocycles. The number of nitrogens with two attached hydrogens (primary N) is 1. The van der Waals surface area contributed by atoms with Crippen LogP contribution in [0.1, 0.15) is 36.8 Å². The van der Waals surface area contributed by atoms with E-state index in [0.717, 1.165) is 18.9 Å². The van der Waals surface area contributed by atoms with Crippen molar-refractivity contribution in [2.45, 2.75) is 44.0 Å². The van der Waals surface area contributed by atoms with E-state index in [0.29, 0.717) is 25.1 Å². The minimum atomic E-state index is -4.42. The fraction of sp³-hybridized carbons (Fsp3) is 0.600. The van der Waals surface area contributed by atoms with E-state index in [9.17, 15) is 18.3 Å². The molecule has 3 N–H and O–H groups in total. The van der Waals surface area contributed by atoms with Crippen LogP contribution >= 0.6 is 0 Å². The summed E-state index contributed by atoms with van der Waals surface area (Å²) in [6.07, 6.45) is -1.10. The fourth-order valence-electron chi connectivity index (χ4n) is 2.97. The maximum absolute atomic E-state index is 13.0. The fourth-order valence-corrected chi connectivity index (χ4v) is 2.97. The van der Waals surface area contributed by atoms with Crippen molar-refractivity contribution in [1.29, 1.82) is 0 Å². The summed E-state index contributed by atoms with van der Waals surface area (Å²) in [4.78, 5) is 1.68. The van der Waals surface area contributed by atoms with Crippen LogP contribution in [0.2, 0.25) is 0 Å². The number of alkyl halides is 3. The van der Waals surface area contributed by atoms with Gasteiger partial charge in [-0.1, -0.05) is 18.9 Å². The number of anilines is 1. The molecule has 0 atom stereocenters. The minimum Gasteiger partial charge on any atom is -0.388 e. The van der Waals surface area contributed by atoms with Gasteiger partial charge in [0.05, 0.1) is 11.2 Å². The highest BCUT2D eigenvalue weighted by atomic mass is 19.4. The van der Waals surface area contributed by atoms with Crippen LogP contribution in [0.3, 0.4) is 0 Å². The van der Waals surface area contributed by atoms with Crippen LogP contribution in [0.25, 0.3) is 0 Å². The largest absolute Gasteiger partial charge is 0.416 e. The van der Waals surface area contributed by atoms with Crippen molar-refractivity contribution < 1.29 is 18.3 Å². The molecule has 1 aliphatic carbocycles. The van der Waals surface area contributed by atoms with Crippen molar-refractivity contribution in [2.75, 3.05) is 18.5 Å². The molecule has 0 radical (unpaired) electrons. The second kappa shape index (κ2) is 5.85. The van der Waals surface area contributed by atoms with Crippen LogP contribution in [0.4, 0.5) is 18.9 Å². The number of likely N-dealkylation sites (N-methyl/N-ethyl adjacent to an activating group) is 1. The lowest BCUT2D eigenvalue weighted by Crippen LogP contribution is -2.39. The molecule has 6 heteroatoms. The Kier molecular flexibility index (Phi) is 4.49. The lowest BCUT2D eigenvalue weighted by atomic mass is 10.0. The van der Waals surface area contributed by atoms with Crippen LogP contribution in [0.15, 0.2) is 18.2 Å². The Hall–Kier alpha value is -1.27. The summed E-state index contributed by atoms with van der Waals surface area (Å²) in [6, 6.07) is 4.14. The summed E-state index contributed by atoms with van der Waals surface area (Å²) in [7, 11) is 1.70. The van der Waals surface area contributed by atoms with Gasteiger partial charge in [-0.15, -0.1) is 0 Å². The summed E-state index contributed by atoms with van der Waals surface area (Å²) >= 11 is 0. The maximum Gasteiger partial charge on any atom is 0.416 e. The first kappa shape index (κ1) is 16.1. The molecule has 0 bridgehead atoms. The quantitative estimate of drug-likeness (QED) is 0.899. The molecule has 0 amide bonds.